The summed E-state index contributed by atoms with van der Waals surface area (Å²) >= 11 is 0. The first-order valence-corrected chi connectivity index (χ1v) is 12.3. The second-order valence-corrected chi connectivity index (χ2v) is 11.4. The number of aromatic nitrogens is 2. The van der Waals surface area contributed by atoms with Gasteiger partial charge in [0.05, 0.1) is 18.1 Å². The third-order valence-electron chi connectivity index (χ3n) is 6.62. The van der Waals surface area contributed by atoms with Gasteiger partial charge in [-0.1, -0.05) is 53.7 Å². The van der Waals surface area contributed by atoms with Crippen molar-refractivity contribution < 1.29 is 19.3 Å². The number of phenolic OH excluding ortho intramolecular Hbond substituents is 1. The highest BCUT2D eigenvalue weighted by molar-refractivity contribution is 5.87. The Kier molecular flexibility index (Phi) is 5.66. The van der Waals surface area contributed by atoms with Crippen molar-refractivity contribution >= 4 is 11.0 Å². The van der Waals surface area contributed by atoms with Gasteiger partial charge in [-0.3, -0.25) is 4.57 Å². The summed E-state index contributed by atoms with van der Waals surface area (Å²) in [6.45, 7) is 13.7. The molecule has 5 rings (SSSR count). The predicted octanol–water partition coefficient (Wildman–Crippen LogP) is 6.77. The summed E-state index contributed by atoms with van der Waals surface area (Å²) < 4.78 is 19.4. The molecule has 188 valence electrons. The van der Waals surface area contributed by atoms with Crippen LogP contribution in [0.5, 0.6) is 23.0 Å². The quantitative estimate of drug-likeness (QED) is 0.346. The molecule has 1 aliphatic heterocycles. The van der Waals surface area contributed by atoms with Gasteiger partial charge in [-0.05, 0) is 35.1 Å². The van der Waals surface area contributed by atoms with E-state index in [0.29, 0.717) is 30.5 Å². The third kappa shape index (κ3) is 4.15. The Hall–Kier alpha value is -3.67. The molecule has 1 N–H and O–H groups in total. The average Bonchev–Trinajstić information content (AvgIpc) is 3.19. The number of phenols is 1. The molecule has 0 atom stereocenters. The van der Waals surface area contributed by atoms with Crippen LogP contribution < -0.4 is 14.2 Å². The molecule has 0 fully saturated rings. The van der Waals surface area contributed by atoms with Gasteiger partial charge in [0.1, 0.15) is 30.5 Å². The van der Waals surface area contributed by atoms with Crippen molar-refractivity contribution in [2.24, 2.45) is 0 Å². The minimum atomic E-state index is -0.261. The van der Waals surface area contributed by atoms with E-state index in [2.05, 4.69) is 58.2 Å². The van der Waals surface area contributed by atoms with Crippen molar-refractivity contribution in [1.82, 2.24) is 9.55 Å². The lowest BCUT2D eigenvalue weighted by Gasteiger charge is -2.28. The van der Waals surface area contributed by atoms with E-state index in [1.807, 2.05) is 36.4 Å². The maximum absolute atomic E-state index is 11.3. The van der Waals surface area contributed by atoms with Crippen LogP contribution in [0, 0.1) is 0 Å². The first-order valence-electron chi connectivity index (χ1n) is 12.3. The van der Waals surface area contributed by atoms with Crippen molar-refractivity contribution in [2.45, 2.75) is 52.4 Å². The van der Waals surface area contributed by atoms with Gasteiger partial charge in [0, 0.05) is 34.5 Å². The van der Waals surface area contributed by atoms with Crippen molar-refractivity contribution in [3.8, 4) is 40.1 Å². The molecule has 1 aromatic heterocycles. The molecule has 1 aliphatic rings. The van der Waals surface area contributed by atoms with Crippen molar-refractivity contribution in [3.05, 3.63) is 59.7 Å². The van der Waals surface area contributed by atoms with E-state index in [1.165, 1.54) is 0 Å². The lowest BCUT2D eigenvalue weighted by Crippen LogP contribution is -2.18. The topological polar surface area (TPSA) is 65.7 Å². The molecule has 0 spiro atoms. The minimum absolute atomic E-state index is 0.261. The molecule has 4 aromatic rings. The molecule has 0 radical (unpaired) electrons. The van der Waals surface area contributed by atoms with Gasteiger partial charge >= 0.3 is 0 Å². The number of nitrogens with zero attached hydrogens (tertiary/aromatic N) is 2. The first kappa shape index (κ1) is 24.0. The predicted molar refractivity (Wildman–Crippen MR) is 143 cm³/mol. The number of ether oxygens (including phenoxy) is 3. The number of hydrogen-bond donors (Lipinski definition) is 1. The van der Waals surface area contributed by atoms with Crippen LogP contribution >= 0.6 is 0 Å². The zero-order chi connectivity index (χ0) is 25.8. The molecule has 0 saturated carbocycles. The zero-order valence-corrected chi connectivity index (χ0v) is 22.1. The number of methoxy groups -OCH3 is 1. The standard InChI is InChI=1S/C30H34N2O4/c1-29(2,3)21-14-19(15-22(27(21)33)30(4,5)6)32-24-17-26-25(35-11-12-36-26)16-23(24)31-28(32)18-9-8-10-20(13-18)34-7/h8-10,13-17,33H,11-12H2,1-7H3. The van der Waals surface area contributed by atoms with Gasteiger partial charge in [-0.2, -0.15) is 0 Å². The fourth-order valence-corrected chi connectivity index (χ4v) is 4.72. The fraction of sp³-hybridized carbons (Fsp3) is 0.367. The normalized spacial score (nSPS) is 13.8. The van der Waals surface area contributed by atoms with Gasteiger partial charge < -0.3 is 19.3 Å². The number of aromatic hydroxyl groups is 1. The van der Waals surface area contributed by atoms with Crippen molar-refractivity contribution in [3.63, 3.8) is 0 Å². The monoisotopic (exact) mass is 486 g/mol. The largest absolute Gasteiger partial charge is 0.507 e. The maximum Gasteiger partial charge on any atom is 0.163 e. The summed E-state index contributed by atoms with van der Waals surface area (Å²) in [5.74, 6) is 3.29. The molecule has 0 bridgehead atoms. The Morgan fingerprint density at radius 2 is 1.47 bits per heavy atom. The zero-order valence-electron chi connectivity index (χ0n) is 22.1. The van der Waals surface area contributed by atoms with Crippen LogP contribution in [0.2, 0.25) is 0 Å². The molecule has 0 unspecified atom stereocenters. The van der Waals surface area contributed by atoms with Crippen LogP contribution in [0.3, 0.4) is 0 Å². The van der Waals surface area contributed by atoms with E-state index >= 15 is 0 Å². The summed E-state index contributed by atoms with van der Waals surface area (Å²) in [6, 6.07) is 16.0. The first-order chi connectivity index (χ1) is 17.0. The SMILES string of the molecule is COc1cccc(-c2nc3cc4c(cc3n2-c2cc(C(C)(C)C)c(O)c(C(C)(C)C)c2)OCCO4)c1. The van der Waals surface area contributed by atoms with E-state index in [0.717, 1.165) is 45.0 Å². The Morgan fingerprint density at radius 3 is 2.06 bits per heavy atom. The summed E-state index contributed by atoms with van der Waals surface area (Å²) in [5.41, 5.74) is 4.82. The summed E-state index contributed by atoms with van der Waals surface area (Å²) in [6.07, 6.45) is 0. The van der Waals surface area contributed by atoms with Crippen LogP contribution in [-0.4, -0.2) is 35.0 Å². The van der Waals surface area contributed by atoms with Gasteiger partial charge in [-0.25, -0.2) is 4.98 Å². The van der Waals surface area contributed by atoms with Gasteiger partial charge in [0.2, 0.25) is 0 Å². The highest BCUT2D eigenvalue weighted by Gasteiger charge is 2.28. The number of imidazole rings is 1. The summed E-state index contributed by atoms with van der Waals surface area (Å²) in [4.78, 5) is 5.06. The van der Waals surface area contributed by atoms with Crippen LogP contribution in [0.25, 0.3) is 28.1 Å². The maximum atomic E-state index is 11.3. The van der Waals surface area contributed by atoms with Gasteiger partial charge in [0.15, 0.2) is 11.5 Å². The number of benzene rings is 3. The van der Waals surface area contributed by atoms with Gasteiger partial charge in [-0.15, -0.1) is 0 Å². The number of fused-ring (bicyclic) bond motifs is 2. The van der Waals surface area contributed by atoms with Crippen molar-refractivity contribution in [2.75, 3.05) is 20.3 Å². The highest BCUT2D eigenvalue weighted by atomic mass is 16.6. The van der Waals surface area contributed by atoms with Crippen molar-refractivity contribution in [1.29, 1.82) is 0 Å². The molecular formula is C30H34N2O4. The molecule has 0 amide bonds. The van der Waals surface area contributed by atoms with Gasteiger partial charge in [0.25, 0.3) is 0 Å². The van der Waals surface area contributed by atoms with E-state index in [4.69, 9.17) is 19.2 Å². The average molecular weight is 487 g/mol. The highest BCUT2D eigenvalue weighted by Crippen LogP contribution is 2.43. The number of hydrogen-bond acceptors (Lipinski definition) is 5. The Balaban J connectivity index is 1.88. The van der Waals surface area contributed by atoms with E-state index in [-0.39, 0.29) is 10.8 Å². The molecule has 0 aliphatic carbocycles. The fourth-order valence-electron chi connectivity index (χ4n) is 4.72. The molecular weight excluding hydrogens is 452 g/mol. The smallest absolute Gasteiger partial charge is 0.163 e. The molecule has 2 heterocycles. The van der Waals surface area contributed by atoms with E-state index in [1.54, 1.807) is 7.11 Å². The van der Waals surface area contributed by atoms with Crippen LogP contribution in [0.1, 0.15) is 52.7 Å². The Morgan fingerprint density at radius 1 is 0.861 bits per heavy atom. The summed E-state index contributed by atoms with van der Waals surface area (Å²) in [5, 5.41) is 11.3. The second kappa shape index (κ2) is 8.47. The Labute approximate surface area is 212 Å². The Bertz CT molecular complexity index is 1420. The van der Waals surface area contributed by atoms with Crippen LogP contribution in [0.15, 0.2) is 48.5 Å². The lowest BCUT2D eigenvalue weighted by atomic mass is 9.79. The van der Waals surface area contributed by atoms with E-state index in [9.17, 15) is 5.11 Å². The number of rotatable bonds is 3. The third-order valence-corrected chi connectivity index (χ3v) is 6.62. The lowest BCUT2D eigenvalue weighted by molar-refractivity contribution is 0.172. The van der Waals surface area contributed by atoms with Crippen LogP contribution in [0.4, 0.5) is 0 Å². The molecule has 6 nitrogen and oxygen atoms in total. The summed E-state index contributed by atoms with van der Waals surface area (Å²) in [7, 11) is 1.66. The van der Waals surface area contributed by atoms with Crippen LogP contribution in [-0.2, 0) is 10.8 Å². The molecule has 36 heavy (non-hydrogen) atoms. The second-order valence-electron chi connectivity index (χ2n) is 11.4. The molecule has 6 heteroatoms. The molecule has 0 saturated heterocycles. The minimum Gasteiger partial charge on any atom is -0.507 e. The van der Waals surface area contributed by atoms with E-state index < -0.39 is 0 Å². The molecule has 3 aromatic carbocycles.